The molecule has 0 saturated heterocycles. The van der Waals surface area contributed by atoms with Crippen molar-refractivity contribution in [2.45, 2.75) is 19.5 Å². The summed E-state index contributed by atoms with van der Waals surface area (Å²) in [4.78, 5) is 15.5. The van der Waals surface area contributed by atoms with E-state index in [0.717, 1.165) is 12.1 Å². The minimum absolute atomic E-state index is 0.0605. The van der Waals surface area contributed by atoms with Crippen molar-refractivity contribution in [3.05, 3.63) is 65.5 Å². The first-order valence-electron chi connectivity index (χ1n) is 6.65. The molecule has 0 aliphatic heterocycles. The molecule has 0 unspecified atom stereocenters. The standard InChI is InChI=1S/C16H19N3O/c1-12(14-7-9-18-10-8-14)19-11-13-3-5-15(6-4-13)16(20)17-2/h3-10,12,19H,11H2,1-2H3,(H,17,20)/t12-/m0/s1. The van der Waals surface area contributed by atoms with Gasteiger partial charge in [-0.05, 0) is 42.3 Å². The molecule has 0 aliphatic carbocycles. The summed E-state index contributed by atoms with van der Waals surface area (Å²) in [6.07, 6.45) is 3.59. The Hall–Kier alpha value is -2.20. The van der Waals surface area contributed by atoms with Crippen LogP contribution < -0.4 is 10.6 Å². The predicted molar refractivity (Wildman–Crippen MR) is 79.3 cm³/mol. The molecular weight excluding hydrogens is 250 g/mol. The predicted octanol–water partition coefficient (Wildman–Crippen LogP) is 2.29. The maximum Gasteiger partial charge on any atom is 0.251 e. The molecule has 0 aliphatic rings. The normalized spacial score (nSPS) is 11.9. The molecule has 104 valence electrons. The molecule has 0 spiro atoms. The van der Waals surface area contributed by atoms with E-state index in [0.29, 0.717) is 5.56 Å². The van der Waals surface area contributed by atoms with Crippen LogP contribution >= 0.6 is 0 Å². The van der Waals surface area contributed by atoms with Crippen LogP contribution in [0.3, 0.4) is 0 Å². The number of hydrogen-bond donors (Lipinski definition) is 2. The van der Waals surface area contributed by atoms with Crippen molar-refractivity contribution in [1.29, 1.82) is 0 Å². The van der Waals surface area contributed by atoms with Gasteiger partial charge in [0.25, 0.3) is 5.91 Å². The minimum atomic E-state index is -0.0605. The van der Waals surface area contributed by atoms with Crippen LogP contribution in [0.2, 0.25) is 0 Å². The Balaban J connectivity index is 1.93. The molecule has 0 saturated carbocycles. The lowest BCUT2D eigenvalue weighted by molar-refractivity contribution is 0.0963. The van der Waals surface area contributed by atoms with Gasteiger partial charge in [-0.15, -0.1) is 0 Å². The molecule has 0 fully saturated rings. The van der Waals surface area contributed by atoms with Crippen molar-refractivity contribution in [2.24, 2.45) is 0 Å². The van der Waals surface area contributed by atoms with Crippen LogP contribution in [0.15, 0.2) is 48.8 Å². The molecule has 2 N–H and O–H groups in total. The van der Waals surface area contributed by atoms with Gasteiger partial charge in [0.05, 0.1) is 0 Å². The molecule has 0 radical (unpaired) electrons. The third-order valence-electron chi connectivity index (χ3n) is 3.26. The highest BCUT2D eigenvalue weighted by atomic mass is 16.1. The second kappa shape index (κ2) is 6.82. The lowest BCUT2D eigenvalue weighted by Gasteiger charge is -2.14. The number of nitrogens with one attached hydrogen (secondary N) is 2. The molecule has 1 aromatic carbocycles. The van der Waals surface area contributed by atoms with Gasteiger partial charge < -0.3 is 10.6 Å². The zero-order chi connectivity index (χ0) is 14.4. The molecular formula is C16H19N3O. The van der Waals surface area contributed by atoms with Crippen LogP contribution in [0.25, 0.3) is 0 Å². The van der Waals surface area contributed by atoms with E-state index in [2.05, 4.69) is 22.5 Å². The van der Waals surface area contributed by atoms with Crippen molar-refractivity contribution < 1.29 is 4.79 Å². The lowest BCUT2D eigenvalue weighted by atomic mass is 10.1. The Morgan fingerprint density at radius 1 is 1.15 bits per heavy atom. The van der Waals surface area contributed by atoms with Crippen molar-refractivity contribution >= 4 is 5.91 Å². The van der Waals surface area contributed by atoms with Gasteiger partial charge in [0.1, 0.15) is 0 Å². The Bertz CT molecular complexity index is 552. The smallest absolute Gasteiger partial charge is 0.251 e. The van der Waals surface area contributed by atoms with Gasteiger partial charge in [0.15, 0.2) is 0 Å². The van der Waals surface area contributed by atoms with Gasteiger partial charge in [-0.1, -0.05) is 12.1 Å². The highest BCUT2D eigenvalue weighted by Crippen LogP contribution is 2.12. The number of benzene rings is 1. The molecule has 20 heavy (non-hydrogen) atoms. The van der Waals surface area contributed by atoms with Crippen molar-refractivity contribution in [2.75, 3.05) is 7.05 Å². The van der Waals surface area contributed by atoms with Crippen molar-refractivity contribution in [1.82, 2.24) is 15.6 Å². The number of carbonyl (C=O) groups excluding carboxylic acids is 1. The Morgan fingerprint density at radius 2 is 1.80 bits per heavy atom. The summed E-state index contributed by atoms with van der Waals surface area (Å²) in [6.45, 7) is 2.88. The topological polar surface area (TPSA) is 54.0 Å². The zero-order valence-corrected chi connectivity index (χ0v) is 11.8. The first kappa shape index (κ1) is 14.2. The van der Waals surface area contributed by atoms with E-state index in [9.17, 15) is 4.79 Å². The molecule has 2 aromatic rings. The van der Waals surface area contributed by atoms with E-state index >= 15 is 0 Å². The molecule has 0 bridgehead atoms. The van der Waals surface area contributed by atoms with E-state index in [1.54, 1.807) is 19.4 Å². The fourth-order valence-electron chi connectivity index (χ4n) is 1.96. The van der Waals surface area contributed by atoms with Crippen LogP contribution in [0.4, 0.5) is 0 Å². The number of amides is 1. The molecule has 4 heteroatoms. The van der Waals surface area contributed by atoms with E-state index in [1.807, 2.05) is 36.4 Å². The summed E-state index contributed by atoms with van der Waals surface area (Å²) in [6, 6.07) is 11.9. The second-order valence-electron chi connectivity index (χ2n) is 4.66. The number of hydrogen-bond acceptors (Lipinski definition) is 3. The summed E-state index contributed by atoms with van der Waals surface area (Å²) in [7, 11) is 1.63. The maximum atomic E-state index is 11.4. The first-order valence-corrected chi connectivity index (χ1v) is 6.65. The molecule has 1 amide bonds. The van der Waals surface area contributed by atoms with Gasteiger partial charge in [-0.25, -0.2) is 0 Å². The number of aromatic nitrogens is 1. The Kier molecular flexibility index (Phi) is 4.85. The molecule has 4 nitrogen and oxygen atoms in total. The summed E-state index contributed by atoms with van der Waals surface area (Å²) in [5.74, 6) is -0.0605. The van der Waals surface area contributed by atoms with E-state index in [1.165, 1.54) is 5.56 Å². The molecule has 1 atom stereocenters. The third-order valence-corrected chi connectivity index (χ3v) is 3.26. The fraction of sp³-hybridized carbons (Fsp3) is 0.250. The fourth-order valence-corrected chi connectivity index (χ4v) is 1.96. The van der Waals surface area contributed by atoms with Gasteiger partial charge in [0, 0.05) is 37.6 Å². The summed E-state index contributed by atoms with van der Waals surface area (Å²) in [5, 5.41) is 6.06. The Labute approximate surface area is 119 Å². The SMILES string of the molecule is CNC(=O)c1ccc(CN[C@@H](C)c2ccncc2)cc1. The van der Waals surface area contributed by atoms with Crippen LogP contribution in [0.1, 0.15) is 34.5 Å². The lowest BCUT2D eigenvalue weighted by Crippen LogP contribution is -2.19. The number of nitrogens with zero attached hydrogens (tertiary/aromatic N) is 1. The van der Waals surface area contributed by atoms with Gasteiger partial charge in [0.2, 0.25) is 0 Å². The van der Waals surface area contributed by atoms with Gasteiger partial charge in [-0.3, -0.25) is 9.78 Å². The summed E-state index contributed by atoms with van der Waals surface area (Å²) < 4.78 is 0. The van der Waals surface area contributed by atoms with Crippen LogP contribution in [-0.4, -0.2) is 17.9 Å². The molecule has 1 aromatic heterocycles. The van der Waals surface area contributed by atoms with Crippen molar-refractivity contribution in [3.63, 3.8) is 0 Å². The van der Waals surface area contributed by atoms with Gasteiger partial charge in [-0.2, -0.15) is 0 Å². The largest absolute Gasteiger partial charge is 0.355 e. The van der Waals surface area contributed by atoms with Crippen molar-refractivity contribution in [3.8, 4) is 0 Å². The van der Waals surface area contributed by atoms with E-state index < -0.39 is 0 Å². The van der Waals surface area contributed by atoms with E-state index in [-0.39, 0.29) is 11.9 Å². The van der Waals surface area contributed by atoms with Crippen LogP contribution in [-0.2, 0) is 6.54 Å². The first-order chi connectivity index (χ1) is 9.70. The molecule has 1 heterocycles. The highest BCUT2D eigenvalue weighted by Gasteiger charge is 2.05. The molecule has 2 rings (SSSR count). The quantitative estimate of drug-likeness (QED) is 0.875. The zero-order valence-electron chi connectivity index (χ0n) is 11.8. The average molecular weight is 269 g/mol. The van der Waals surface area contributed by atoms with Gasteiger partial charge >= 0.3 is 0 Å². The summed E-state index contributed by atoms with van der Waals surface area (Å²) in [5.41, 5.74) is 3.04. The Morgan fingerprint density at radius 3 is 2.40 bits per heavy atom. The summed E-state index contributed by atoms with van der Waals surface area (Å²) >= 11 is 0. The number of rotatable bonds is 5. The van der Waals surface area contributed by atoms with Crippen LogP contribution in [0.5, 0.6) is 0 Å². The second-order valence-corrected chi connectivity index (χ2v) is 4.66. The average Bonchev–Trinajstić information content (AvgIpc) is 2.53. The third kappa shape index (κ3) is 3.65. The van der Waals surface area contributed by atoms with E-state index in [4.69, 9.17) is 0 Å². The number of carbonyl (C=O) groups is 1. The minimum Gasteiger partial charge on any atom is -0.355 e. The maximum absolute atomic E-state index is 11.4. The monoisotopic (exact) mass is 269 g/mol. The number of pyridine rings is 1. The van der Waals surface area contributed by atoms with Crippen LogP contribution in [0, 0.1) is 0 Å². The highest BCUT2D eigenvalue weighted by molar-refractivity contribution is 5.93.